The van der Waals surface area contributed by atoms with Crippen LogP contribution >= 0.6 is 11.5 Å². The van der Waals surface area contributed by atoms with E-state index in [0.717, 1.165) is 28.5 Å². The van der Waals surface area contributed by atoms with Gasteiger partial charge < -0.3 is 25.8 Å². The summed E-state index contributed by atoms with van der Waals surface area (Å²) in [6.45, 7) is 18.2. The SMILES string of the molecule is C=C(C)C.C=C(C)C(=O)OCCN(CCOC=O)c1ccc(N)c(C)c1.Cc1nsc(N)c1C#N. The molecule has 1 aromatic heterocycles. The number of benzene rings is 1. The molecule has 4 N–H and O–H groups in total. The van der Waals surface area contributed by atoms with Crippen LogP contribution < -0.4 is 16.4 Å². The summed E-state index contributed by atoms with van der Waals surface area (Å²) in [4.78, 5) is 23.6. The highest BCUT2D eigenvalue weighted by Crippen LogP contribution is 2.20. The molecule has 9 nitrogen and oxygen atoms in total. The van der Waals surface area contributed by atoms with Gasteiger partial charge in [0.25, 0.3) is 6.47 Å². The van der Waals surface area contributed by atoms with Crippen molar-refractivity contribution >= 4 is 40.3 Å². The zero-order valence-corrected chi connectivity index (χ0v) is 21.9. The van der Waals surface area contributed by atoms with Gasteiger partial charge in [0, 0.05) is 16.9 Å². The Bertz CT molecular complexity index is 1020. The fraction of sp³-hybridized carbons (Fsp3) is 0.360. The lowest BCUT2D eigenvalue weighted by Gasteiger charge is -2.25. The summed E-state index contributed by atoms with van der Waals surface area (Å²) in [5.74, 6) is -0.419. The first-order valence-corrected chi connectivity index (χ1v) is 11.4. The first kappa shape index (κ1) is 31.2. The standard InChI is InChI=1S/C16H22N2O4.C5H5N3S.C4H8/c1-12(2)16(20)22-9-7-18(6-8-21-11-19)14-4-5-15(17)13(3)10-14;1-3-4(2-6)5(7)9-8-3;1-4(2)3/h4-5,10-11H,1,6-9,17H2,2-3H3;7H2,1H3;1H2,2-3H3. The molecule has 0 saturated heterocycles. The van der Waals surface area contributed by atoms with E-state index in [1.165, 1.54) is 5.57 Å². The molecule has 0 radical (unpaired) electrons. The molecule has 1 heterocycles. The number of hydrogen-bond donors (Lipinski definition) is 2. The molecule has 0 unspecified atom stereocenters. The van der Waals surface area contributed by atoms with Gasteiger partial charge in [-0.1, -0.05) is 12.2 Å². The lowest BCUT2D eigenvalue weighted by atomic mass is 10.1. The van der Waals surface area contributed by atoms with Crippen LogP contribution in [-0.2, 0) is 19.1 Å². The average molecular weight is 502 g/mol. The Morgan fingerprint density at radius 1 is 1.20 bits per heavy atom. The van der Waals surface area contributed by atoms with Gasteiger partial charge in [0.2, 0.25) is 0 Å². The number of nitrogens with two attached hydrogens (primary N) is 2. The molecule has 35 heavy (non-hydrogen) atoms. The van der Waals surface area contributed by atoms with Crippen LogP contribution in [0.1, 0.15) is 37.6 Å². The van der Waals surface area contributed by atoms with Gasteiger partial charge in [-0.25, -0.2) is 4.79 Å². The quantitative estimate of drug-likeness (QED) is 0.129. The van der Waals surface area contributed by atoms with Gasteiger partial charge in [0.05, 0.1) is 18.8 Å². The maximum Gasteiger partial charge on any atom is 0.333 e. The second-order valence-corrected chi connectivity index (χ2v) is 8.54. The van der Waals surface area contributed by atoms with Gasteiger partial charge >= 0.3 is 5.97 Å². The highest BCUT2D eigenvalue weighted by molar-refractivity contribution is 7.10. The lowest BCUT2D eigenvalue weighted by Crippen LogP contribution is -2.31. The monoisotopic (exact) mass is 501 g/mol. The highest BCUT2D eigenvalue weighted by Gasteiger charge is 2.10. The summed E-state index contributed by atoms with van der Waals surface area (Å²) in [6.07, 6.45) is 0. The van der Waals surface area contributed by atoms with E-state index >= 15 is 0 Å². The van der Waals surface area contributed by atoms with Crippen LogP contribution in [0.5, 0.6) is 0 Å². The molecule has 10 heteroatoms. The molecule has 0 aliphatic carbocycles. The molecule has 0 spiro atoms. The summed E-state index contributed by atoms with van der Waals surface area (Å²) in [6, 6.07) is 7.60. The predicted molar refractivity (Wildman–Crippen MR) is 142 cm³/mol. The van der Waals surface area contributed by atoms with E-state index in [9.17, 15) is 9.59 Å². The molecule has 0 aliphatic heterocycles. The molecule has 190 valence electrons. The number of hydrogen-bond acceptors (Lipinski definition) is 10. The maximum atomic E-state index is 11.4. The smallest absolute Gasteiger partial charge is 0.333 e. The third kappa shape index (κ3) is 12.8. The fourth-order valence-corrected chi connectivity index (χ4v) is 2.94. The van der Waals surface area contributed by atoms with Crippen molar-refractivity contribution in [2.24, 2.45) is 0 Å². The summed E-state index contributed by atoms with van der Waals surface area (Å²) < 4.78 is 13.7. The Morgan fingerprint density at radius 3 is 2.23 bits per heavy atom. The van der Waals surface area contributed by atoms with Crippen LogP contribution in [0.25, 0.3) is 0 Å². The van der Waals surface area contributed by atoms with Crippen LogP contribution in [0.3, 0.4) is 0 Å². The van der Waals surface area contributed by atoms with E-state index in [-0.39, 0.29) is 13.2 Å². The number of rotatable bonds is 9. The minimum absolute atomic E-state index is 0.218. The molecule has 0 fully saturated rings. The van der Waals surface area contributed by atoms with Crippen molar-refractivity contribution in [1.29, 1.82) is 5.26 Å². The normalized spacial score (nSPS) is 9.26. The predicted octanol–water partition coefficient (Wildman–Crippen LogP) is 4.16. The number of aryl methyl sites for hydroxylation is 2. The molecule has 0 atom stereocenters. The Hall–Kier alpha value is -3.84. The average Bonchev–Trinajstić information content (AvgIpc) is 3.11. The topological polar surface area (TPSA) is 145 Å². The number of anilines is 3. The van der Waals surface area contributed by atoms with Crippen molar-refractivity contribution < 1.29 is 19.1 Å². The molecule has 0 saturated carbocycles. The zero-order valence-electron chi connectivity index (χ0n) is 21.1. The van der Waals surface area contributed by atoms with Gasteiger partial charge in [0.1, 0.15) is 29.8 Å². The van der Waals surface area contributed by atoms with Gasteiger partial charge in [0.15, 0.2) is 0 Å². The molecule has 0 amide bonds. The van der Waals surface area contributed by atoms with E-state index < -0.39 is 5.97 Å². The number of aromatic nitrogens is 1. The van der Waals surface area contributed by atoms with Crippen LogP contribution in [0.4, 0.5) is 16.4 Å². The molecule has 2 rings (SSSR count). The van der Waals surface area contributed by atoms with Crippen LogP contribution in [0.2, 0.25) is 0 Å². The van der Waals surface area contributed by atoms with Gasteiger partial charge in [-0.05, 0) is 69.9 Å². The minimum atomic E-state index is -0.419. The van der Waals surface area contributed by atoms with Crippen LogP contribution in [0.15, 0.2) is 42.5 Å². The van der Waals surface area contributed by atoms with Crippen molar-refractivity contribution in [3.05, 3.63) is 59.3 Å². The van der Waals surface area contributed by atoms with E-state index in [1.807, 2.05) is 49.9 Å². The molecular weight excluding hydrogens is 466 g/mol. The van der Waals surface area contributed by atoms with Gasteiger partial charge in [-0.3, -0.25) is 4.79 Å². The Kier molecular flexibility index (Phi) is 14.9. The third-order valence-corrected chi connectivity index (χ3v) is 4.88. The van der Waals surface area contributed by atoms with E-state index in [4.69, 9.17) is 26.2 Å². The van der Waals surface area contributed by atoms with Gasteiger partial charge in [-0.15, -0.1) is 6.58 Å². The first-order chi connectivity index (χ1) is 16.4. The van der Waals surface area contributed by atoms with Crippen molar-refractivity contribution in [2.75, 3.05) is 42.7 Å². The number of esters is 1. The minimum Gasteiger partial charge on any atom is -0.466 e. The number of carbonyl (C=O) groups excluding carboxylic acids is 2. The first-order valence-electron chi connectivity index (χ1n) is 10.7. The van der Waals surface area contributed by atoms with E-state index in [0.29, 0.717) is 41.4 Å². The maximum absolute atomic E-state index is 11.4. The number of allylic oxidation sites excluding steroid dienone is 1. The summed E-state index contributed by atoms with van der Waals surface area (Å²) in [5, 5.41) is 8.93. The largest absolute Gasteiger partial charge is 0.466 e. The summed E-state index contributed by atoms with van der Waals surface area (Å²) in [7, 11) is 0. The second-order valence-electron chi connectivity index (χ2n) is 7.74. The Labute approximate surface area is 211 Å². The van der Waals surface area contributed by atoms with E-state index in [1.54, 1.807) is 13.8 Å². The van der Waals surface area contributed by atoms with Crippen LogP contribution in [0, 0.1) is 25.2 Å². The van der Waals surface area contributed by atoms with Crippen molar-refractivity contribution in [3.63, 3.8) is 0 Å². The Balaban J connectivity index is 0.000000726. The highest BCUT2D eigenvalue weighted by atomic mass is 32.1. The summed E-state index contributed by atoms with van der Waals surface area (Å²) >= 11 is 1.16. The molecule has 1 aromatic carbocycles. The van der Waals surface area contributed by atoms with Crippen LogP contribution in [-0.4, -0.2) is 43.1 Å². The third-order valence-electron chi connectivity index (χ3n) is 4.11. The number of carbonyl (C=O) groups is 2. The lowest BCUT2D eigenvalue weighted by molar-refractivity contribution is -0.138. The summed E-state index contributed by atoms with van der Waals surface area (Å²) in [5.41, 5.74) is 16.6. The molecular formula is C25H35N5O4S. The number of nitrogens with zero attached hydrogens (tertiary/aromatic N) is 3. The molecule has 2 aromatic rings. The van der Waals surface area contributed by atoms with Crippen molar-refractivity contribution in [1.82, 2.24) is 4.37 Å². The molecule has 0 bridgehead atoms. The molecule has 0 aliphatic rings. The Morgan fingerprint density at radius 2 is 1.80 bits per heavy atom. The second kappa shape index (κ2) is 16.7. The van der Waals surface area contributed by atoms with Crippen molar-refractivity contribution in [3.8, 4) is 6.07 Å². The van der Waals surface area contributed by atoms with Crippen molar-refractivity contribution in [2.45, 2.75) is 34.6 Å². The zero-order chi connectivity index (χ0) is 27.0. The number of nitrogen functional groups attached to an aromatic ring is 2. The van der Waals surface area contributed by atoms with Gasteiger partial charge in [-0.2, -0.15) is 9.64 Å². The van der Waals surface area contributed by atoms with E-state index in [2.05, 4.69) is 17.5 Å². The number of ether oxygens (including phenoxy) is 2. The fourth-order valence-electron chi connectivity index (χ4n) is 2.33. The number of nitriles is 1.